The highest BCUT2D eigenvalue weighted by molar-refractivity contribution is 6.06. The summed E-state index contributed by atoms with van der Waals surface area (Å²) in [5.74, 6) is 0.939. The number of imidazole rings is 1. The molecule has 0 saturated carbocycles. The van der Waals surface area contributed by atoms with Crippen LogP contribution in [0.1, 0.15) is 35.5 Å². The van der Waals surface area contributed by atoms with Crippen LogP contribution >= 0.6 is 0 Å². The molecule has 1 aromatic carbocycles. The van der Waals surface area contributed by atoms with E-state index >= 15 is 0 Å². The molecule has 1 fully saturated rings. The Hall–Kier alpha value is -3.25. The van der Waals surface area contributed by atoms with Crippen molar-refractivity contribution in [1.29, 1.82) is 10.8 Å². The zero-order valence-corrected chi connectivity index (χ0v) is 17.2. The van der Waals surface area contributed by atoms with Crippen molar-refractivity contribution in [3.8, 4) is 0 Å². The van der Waals surface area contributed by atoms with E-state index in [1.165, 1.54) is 36.9 Å². The third-order valence-corrected chi connectivity index (χ3v) is 6.04. The molecule has 1 aliphatic heterocycles. The molecule has 5 rings (SSSR count). The van der Waals surface area contributed by atoms with Gasteiger partial charge in [0.15, 0.2) is 0 Å². The number of fused-ring (bicyclic) bond motifs is 3. The monoisotopic (exact) mass is 398 g/mol. The minimum atomic E-state index is 0.331. The number of pyridine rings is 1. The van der Waals surface area contributed by atoms with Gasteiger partial charge in [-0.15, -0.1) is 0 Å². The first kappa shape index (κ1) is 18.8. The maximum absolute atomic E-state index is 8.56. The number of hydrogen-bond donors (Lipinski definition) is 2. The lowest BCUT2D eigenvalue weighted by Gasteiger charge is -2.30. The van der Waals surface area contributed by atoms with Gasteiger partial charge in [-0.3, -0.25) is 9.30 Å². The average molecular weight is 399 g/mol. The molecule has 0 unspecified atom stereocenters. The molecule has 2 N–H and O–H groups in total. The van der Waals surface area contributed by atoms with Gasteiger partial charge in [-0.05, 0) is 55.8 Å². The van der Waals surface area contributed by atoms with Gasteiger partial charge in [0.2, 0.25) is 0 Å². The number of rotatable bonds is 7. The Kier molecular flexibility index (Phi) is 4.71. The molecule has 0 aliphatic carbocycles. The highest BCUT2D eigenvalue weighted by Gasteiger charge is 2.17. The second-order valence-electron chi connectivity index (χ2n) is 8.12. The van der Waals surface area contributed by atoms with Crippen LogP contribution in [0.2, 0.25) is 0 Å². The van der Waals surface area contributed by atoms with Gasteiger partial charge in [-0.25, -0.2) is 4.98 Å². The normalized spacial score (nSPS) is 14.3. The Balaban J connectivity index is 1.60. The van der Waals surface area contributed by atoms with Crippen molar-refractivity contribution in [2.45, 2.75) is 32.9 Å². The van der Waals surface area contributed by atoms with Gasteiger partial charge in [0.1, 0.15) is 5.82 Å². The molecule has 0 bridgehead atoms. The van der Waals surface area contributed by atoms with Crippen molar-refractivity contribution < 1.29 is 0 Å². The molecule has 6 nitrogen and oxygen atoms in total. The zero-order valence-electron chi connectivity index (χ0n) is 17.2. The lowest BCUT2D eigenvalue weighted by atomic mass is 10.1. The summed E-state index contributed by atoms with van der Waals surface area (Å²) < 4.78 is 4.36. The standard InChI is InChI=1S/C24H26N6/c1-17-27-14-20-6-7-22-24(30(17)20)13-23(21(26)8-9-25)29(22)16-19-5-2-4-18(12-19)15-28-10-3-11-28/h2,4-7,9,12-14,25-26H,3,8,10-11,15-16H2,1H3. The number of aryl methyl sites for hydroxylation is 1. The van der Waals surface area contributed by atoms with E-state index in [0.29, 0.717) is 18.7 Å². The Labute approximate surface area is 175 Å². The Morgan fingerprint density at radius 1 is 1.07 bits per heavy atom. The van der Waals surface area contributed by atoms with Gasteiger partial charge in [0.25, 0.3) is 0 Å². The first-order valence-corrected chi connectivity index (χ1v) is 10.5. The molecule has 4 heterocycles. The van der Waals surface area contributed by atoms with Crippen LogP contribution in [0.4, 0.5) is 0 Å². The summed E-state index contributed by atoms with van der Waals surface area (Å²) in [5.41, 5.74) is 7.10. The second kappa shape index (κ2) is 7.54. The largest absolute Gasteiger partial charge is 0.334 e. The molecule has 1 aliphatic rings. The molecule has 1 saturated heterocycles. The van der Waals surface area contributed by atoms with Crippen molar-refractivity contribution in [2.75, 3.05) is 13.1 Å². The molecule has 0 atom stereocenters. The minimum Gasteiger partial charge on any atom is -0.334 e. The van der Waals surface area contributed by atoms with Crippen LogP contribution in [0.5, 0.6) is 0 Å². The predicted molar refractivity (Wildman–Crippen MR) is 121 cm³/mol. The van der Waals surface area contributed by atoms with E-state index in [2.05, 4.69) is 61.3 Å². The number of likely N-dealkylation sites (tertiary alicyclic amines) is 1. The highest BCUT2D eigenvalue weighted by Crippen LogP contribution is 2.25. The lowest BCUT2D eigenvalue weighted by molar-refractivity contribution is 0.172. The van der Waals surface area contributed by atoms with Crippen molar-refractivity contribution in [1.82, 2.24) is 18.9 Å². The molecular formula is C24H26N6. The number of aromatic nitrogens is 3. The Morgan fingerprint density at radius 2 is 1.87 bits per heavy atom. The van der Waals surface area contributed by atoms with E-state index in [1.54, 1.807) is 0 Å². The number of nitrogens with zero attached hydrogens (tertiary/aromatic N) is 4. The van der Waals surface area contributed by atoms with Gasteiger partial charge >= 0.3 is 0 Å². The van der Waals surface area contributed by atoms with Crippen LogP contribution in [-0.2, 0) is 13.1 Å². The zero-order chi connectivity index (χ0) is 20.7. The van der Waals surface area contributed by atoms with Gasteiger partial charge in [0.05, 0.1) is 34.2 Å². The third kappa shape index (κ3) is 3.23. The van der Waals surface area contributed by atoms with Crippen molar-refractivity contribution in [3.05, 3.63) is 71.3 Å². The van der Waals surface area contributed by atoms with Crippen LogP contribution in [-0.4, -0.2) is 43.9 Å². The van der Waals surface area contributed by atoms with Gasteiger partial charge < -0.3 is 15.4 Å². The maximum atomic E-state index is 8.56. The fraction of sp³-hybridized carbons (Fsp3) is 0.292. The first-order chi connectivity index (χ1) is 14.6. The van der Waals surface area contributed by atoms with Crippen LogP contribution in [0.15, 0.2) is 48.7 Å². The summed E-state index contributed by atoms with van der Waals surface area (Å²) >= 11 is 0. The topological polar surface area (TPSA) is 73.2 Å². The van der Waals surface area contributed by atoms with E-state index in [4.69, 9.17) is 10.8 Å². The minimum absolute atomic E-state index is 0.331. The summed E-state index contributed by atoms with van der Waals surface area (Å²) in [4.78, 5) is 6.93. The molecular weight excluding hydrogens is 372 g/mol. The Bertz CT molecular complexity index is 1260. The number of hydrogen-bond acceptors (Lipinski definition) is 4. The maximum Gasteiger partial charge on any atom is 0.110 e. The van der Waals surface area contributed by atoms with Crippen LogP contribution in [0.3, 0.4) is 0 Å². The van der Waals surface area contributed by atoms with Gasteiger partial charge in [-0.1, -0.05) is 24.3 Å². The third-order valence-electron chi connectivity index (χ3n) is 6.04. The van der Waals surface area contributed by atoms with Crippen LogP contribution in [0, 0.1) is 17.7 Å². The van der Waals surface area contributed by atoms with Crippen LogP contribution < -0.4 is 0 Å². The summed E-state index contributed by atoms with van der Waals surface area (Å²) in [5, 5.41) is 16.0. The highest BCUT2D eigenvalue weighted by atomic mass is 15.2. The molecule has 0 radical (unpaired) electrons. The molecule has 3 aromatic heterocycles. The first-order valence-electron chi connectivity index (χ1n) is 10.5. The molecule has 0 amide bonds. The van der Waals surface area contributed by atoms with E-state index in [9.17, 15) is 0 Å². The quantitative estimate of drug-likeness (QED) is 0.457. The second-order valence-corrected chi connectivity index (χ2v) is 8.12. The molecule has 30 heavy (non-hydrogen) atoms. The van der Waals surface area contributed by atoms with Gasteiger partial charge in [-0.2, -0.15) is 0 Å². The summed E-state index contributed by atoms with van der Waals surface area (Å²) in [6.07, 6.45) is 4.82. The van der Waals surface area contributed by atoms with E-state index < -0.39 is 0 Å². The predicted octanol–water partition coefficient (Wildman–Crippen LogP) is 4.26. The molecule has 152 valence electrons. The fourth-order valence-electron chi connectivity index (χ4n) is 4.39. The molecule has 0 spiro atoms. The number of nitrogens with one attached hydrogen (secondary N) is 2. The molecule has 4 aromatic rings. The summed E-state index contributed by atoms with van der Waals surface area (Å²) in [6.45, 7) is 6.10. The average Bonchev–Trinajstić information content (AvgIpc) is 3.26. The molecule has 6 heteroatoms. The number of benzene rings is 1. The van der Waals surface area contributed by atoms with E-state index in [-0.39, 0.29) is 0 Å². The SMILES string of the molecule is Cc1ncc2ccc3c(cc(C(=N)CC=N)n3Cc3cccc(CN4CCC4)c3)n12. The summed E-state index contributed by atoms with van der Waals surface area (Å²) in [7, 11) is 0. The summed E-state index contributed by atoms with van der Waals surface area (Å²) in [6, 6.07) is 15.1. The Morgan fingerprint density at radius 3 is 2.60 bits per heavy atom. The van der Waals surface area contributed by atoms with Crippen molar-refractivity contribution in [3.63, 3.8) is 0 Å². The van der Waals surface area contributed by atoms with Crippen molar-refractivity contribution in [2.24, 2.45) is 0 Å². The van der Waals surface area contributed by atoms with E-state index in [1.807, 2.05) is 13.1 Å². The van der Waals surface area contributed by atoms with Crippen molar-refractivity contribution >= 4 is 28.5 Å². The lowest BCUT2D eigenvalue weighted by Crippen LogP contribution is -2.36. The van der Waals surface area contributed by atoms with E-state index in [0.717, 1.165) is 34.6 Å². The van der Waals surface area contributed by atoms with Gasteiger partial charge in [0, 0.05) is 25.7 Å². The van der Waals surface area contributed by atoms with Crippen LogP contribution in [0.25, 0.3) is 16.6 Å². The smallest absolute Gasteiger partial charge is 0.110 e. The fourth-order valence-corrected chi connectivity index (χ4v) is 4.39.